The van der Waals surface area contributed by atoms with Crippen LogP contribution in [0, 0.1) is 19.8 Å². The van der Waals surface area contributed by atoms with Crippen molar-refractivity contribution in [3.63, 3.8) is 0 Å². The van der Waals surface area contributed by atoms with Gasteiger partial charge in [-0.15, -0.1) is 11.3 Å². The number of anilines is 1. The summed E-state index contributed by atoms with van der Waals surface area (Å²) in [4.78, 5) is 17.9. The van der Waals surface area contributed by atoms with E-state index >= 15 is 0 Å². The maximum absolute atomic E-state index is 13.6. The molecule has 0 aliphatic carbocycles. The Kier molecular flexibility index (Phi) is 7.53. The first-order valence-corrected chi connectivity index (χ1v) is 13.8. The van der Waals surface area contributed by atoms with E-state index in [0.29, 0.717) is 33.5 Å². The molecule has 0 spiro atoms. The van der Waals surface area contributed by atoms with E-state index in [9.17, 15) is 13.2 Å². The van der Waals surface area contributed by atoms with Crippen molar-refractivity contribution in [2.75, 3.05) is 10.8 Å². The van der Waals surface area contributed by atoms with Crippen LogP contribution in [0.25, 0.3) is 11.4 Å². The highest BCUT2D eigenvalue weighted by atomic mass is 35.5. The normalized spacial score (nSPS) is 11.7. The zero-order valence-electron chi connectivity index (χ0n) is 20.1. The van der Waals surface area contributed by atoms with Crippen LogP contribution in [-0.4, -0.2) is 30.1 Å². The maximum atomic E-state index is 13.6. The van der Waals surface area contributed by atoms with Gasteiger partial charge in [0.1, 0.15) is 12.4 Å². The molecule has 0 atom stereocenters. The van der Waals surface area contributed by atoms with E-state index in [0.717, 1.165) is 22.5 Å². The Labute approximate surface area is 217 Å². The molecule has 0 aliphatic heterocycles. The molecule has 0 saturated carbocycles. The van der Waals surface area contributed by atoms with E-state index in [1.807, 2.05) is 32.9 Å². The molecular formula is C24H25ClN4O5S2. The van der Waals surface area contributed by atoms with E-state index in [4.69, 9.17) is 16.3 Å². The minimum absolute atomic E-state index is 0.0284. The fraction of sp³-hybridized carbons (Fsp3) is 0.292. The van der Waals surface area contributed by atoms with Crippen molar-refractivity contribution in [1.29, 1.82) is 0 Å². The largest absolute Gasteiger partial charge is 0.487 e. The molecular weight excluding hydrogens is 524 g/mol. The van der Waals surface area contributed by atoms with Gasteiger partial charge in [0.05, 0.1) is 5.69 Å². The first-order valence-electron chi connectivity index (χ1n) is 11.1. The highest BCUT2D eigenvalue weighted by molar-refractivity contribution is 7.94. The van der Waals surface area contributed by atoms with Crippen LogP contribution in [0.15, 0.2) is 55.4 Å². The van der Waals surface area contributed by atoms with E-state index in [1.54, 1.807) is 36.6 Å². The van der Waals surface area contributed by atoms with Crippen LogP contribution in [0.1, 0.15) is 30.7 Å². The Hall–Kier alpha value is -3.15. The first kappa shape index (κ1) is 25.9. The summed E-state index contributed by atoms with van der Waals surface area (Å²) in [6.45, 7) is 7.87. The molecule has 2 aromatic carbocycles. The highest BCUT2D eigenvalue weighted by Crippen LogP contribution is 2.38. The van der Waals surface area contributed by atoms with Gasteiger partial charge >= 0.3 is 5.76 Å². The second-order valence-corrected chi connectivity index (χ2v) is 12.0. The molecule has 4 rings (SSSR count). The Bertz CT molecular complexity index is 1520. The number of aryl methyl sites for hydroxylation is 2. The van der Waals surface area contributed by atoms with Gasteiger partial charge in [0, 0.05) is 34.3 Å². The van der Waals surface area contributed by atoms with Crippen molar-refractivity contribution in [1.82, 2.24) is 15.1 Å². The molecule has 2 heterocycles. The number of ether oxygens (including phenoxy) is 1. The molecule has 0 saturated heterocycles. The minimum Gasteiger partial charge on any atom is -0.487 e. The third-order valence-electron chi connectivity index (χ3n) is 5.21. The summed E-state index contributed by atoms with van der Waals surface area (Å²) in [5.41, 5.74) is 3.27. The zero-order valence-corrected chi connectivity index (χ0v) is 22.5. The van der Waals surface area contributed by atoms with Gasteiger partial charge < -0.3 is 4.74 Å². The molecule has 0 amide bonds. The van der Waals surface area contributed by atoms with Gasteiger partial charge in [-0.1, -0.05) is 54.9 Å². The predicted molar refractivity (Wildman–Crippen MR) is 139 cm³/mol. The number of H-pyrrole nitrogens is 1. The Morgan fingerprint density at radius 2 is 1.92 bits per heavy atom. The molecule has 0 fully saturated rings. The van der Waals surface area contributed by atoms with E-state index in [-0.39, 0.29) is 23.4 Å². The summed E-state index contributed by atoms with van der Waals surface area (Å²) in [5.74, 6) is 0.0789. The highest BCUT2D eigenvalue weighted by Gasteiger charge is 2.31. The number of hydrogen-bond acceptors (Lipinski definition) is 8. The molecule has 36 heavy (non-hydrogen) atoms. The van der Waals surface area contributed by atoms with Gasteiger partial charge in [-0.2, -0.15) is 8.42 Å². The van der Waals surface area contributed by atoms with Crippen molar-refractivity contribution >= 4 is 38.6 Å². The van der Waals surface area contributed by atoms with Crippen LogP contribution in [0.5, 0.6) is 5.75 Å². The van der Waals surface area contributed by atoms with Crippen molar-refractivity contribution < 1.29 is 17.7 Å². The summed E-state index contributed by atoms with van der Waals surface area (Å²) in [5, 5.41) is 5.85. The lowest BCUT2D eigenvalue weighted by Crippen LogP contribution is -2.34. The molecule has 190 valence electrons. The molecule has 9 nitrogen and oxygen atoms in total. The van der Waals surface area contributed by atoms with E-state index in [1.165, 1.54) is 4.31 Å². The lowest BCUT2D eigenvalue weighted by Gasteiger charge is -2.27. The molecule has 4 aromatic rings. The summed E-state index contributed by atoms with van der Waals surface area (Å²) in [6.07, 6.45) is 0. The zero-order chi connectivity index (χ0) is 26.0. The topological polar surface area (TPSA) is 118 Å². The lowest BCUT2D eigenvalue weighted by atomic mass is 10.1. The van der Waals surface area contributed by atoms with Crippen molar-refractivity contribution in [2.45, 2.75) is 38.6 Å². The monoisotopic (exact) mass is 548 g/mol. The van der Waals surface area contributed by atoms with Crippen molar-refractivity contribution in [3.8, 4) is 17.1 Å². The summed E-state index contributed by atoms with van der Waals surface area (Å²) in [6, 6.07) is 10.5. The Morgan fingerprint density at radius 1 is 1.19 bits per heavy atom. The van der Waals surface area contributed by atoms with Crippen LogP contribution in [-0.2, 0) is 16.6 Å². The lowest BCUT2D eigenvalue weighted by molar-refractivity contribution is 0.307. The van der Waals surface area contributed by atoms with Gasteiger partial charge in [-0.05, 0) is 37.0 Å². The van der Waals surface area contributed by atoms with Gasteiger partial charge in [-0.3, -0.25) is 13.8 Å². The van der Waals surface area contributed by atoms with Crippen molar-refractivity contribution in [2.24, 2.45) is 5.92 Å². The van der Waals surface area contributed by atoms with Gasteiger partial charge in [0.15, 0.2) is 5.82 Å². The second-order valence-electron chi connectivity index (χ2n) is 8.68. The average Bonchev–Trinajstić information content (AvgIpc) is 3.47. The molecule has 0 radical (unpaired) electrons. The molecule has 0 aliphatic rings. The molecule has 12 heteroatoms. The number of aromatic nitrogens is 3. The fourth-order valence-corrected chi connectivity index (χ4v) is 6.35. The Morgan fingerprint density at radius 3 is 2.50 bits per heavy atom. The SMILES string of the molecule is Cc1csc(S(=O)(=O)N(CC(C)C)c2cc(C)c(Cl)cc2OCc2ccc(-c3noc(=O)[nH]3)cc2)n1. The standard InChI is InChI=1S/C24H25ClN4O5S2/c1-14(2)11-29(36(31,32)24-26-16(4)13-35-24)20-9-15(3)19(25)10-21(20)33-12-17-5-7-18(8-6-17)22-27-23(30)34-28-22/h5-10,13-14H,11-12H2,1-4H3,(H,27,28,30). The molecule has 0 bridgehead atoms. The number of halogens is 1. The van der Waals surface area contributed by atoms with Gasteiger partial charge in [0.2, 0.25) is 4.34 Å². The number of aromatic amines is 1. The molecule has 2 aromatic heterocycles. The van der Waals surface area contributed by atoms with Crippen LogP contribution >= 0.6 is 22.9 Å². The van der Waals surface area contributed by atoms with Gasteiger partial charge in [-0.25, -0.2) is 9.78 Å². The average molecular weight is 549 g/mol. The summed E-state index contributed by atoms with van der Waals surface area (Å²) < 4.78 is 39.3. The number of nitrogens with one attached hydrogen (secondary N) is 1. The predicted octanol–water partition coefficient (Wildman–Crippen LogP) is 5.19. The smallest absolute Gasteiger partial charge is 0.439 e. The van der Waals surface area contributed by atoms with Crippen LogP contribution in [0.3, 0.4) is 0 Å². The molecule has 0 unspecified atom stereocenters. The van der Waals surface area contributed by atoms with E-state index in [2.05, 4.69) is 19.6 Å². The van der Waals surface area contributed by atoms with Gasteiger partial charge in [0.25, 0.3) is 10.0 Å². The summed E-state index contributed by atoms with van der Waals surface area (Å²) in [7, 11) is -3.92. The minimum atomic E-state index is -3.92. The Balaban J connectivity index is 1.66. The first-order chi connectivity index (χ1) is 17.0. The van der Waals surface area contributed by atoms with Crippen LogP contribution in [0.2, 0.25) is 5.02 Å². The molecule has 1 N–H and O–H groups in total. The number of rotatable bonds is 9. The third-order valence-corrected chi connectivity index (χ3v) is 8.75. The number of hydrogen-bond donors (Lipinski definition) is 1. The van der Waals surface area contributed by atoms with Crippen molar-refractivity contribution in [3.05, 3.63) is 74.2 Å². The van der Waals surface area contributed by atoms with Crippen LogP contribution < -0.4 is 14.8 Å². The number of benzene rings is 2. The quantitative estimate of drug-likeness (QED) is 0.306. The van der Waals surface area contributed by atoms with E-state index < -0.39 is 15.8 Å². The number of nitrogens with zero attached hydrogens (tertiary/aromatic N) is 3. The summed E-state index contributed by atoms with van der Waals surface area (Å²) >= 11 is 7.49. The fourth-order valence-electron chi connectivity index (χ4n) is 3.44. The van der Waals surface area contributed by atoms with Crippen LogP contribution in [0.4, 0.5) is 5.69 Å². The number of sulfonamides is 1. The number of thiazole rings is 1. The maximum Gasteiger partial charge on any atom is 0.439 e. The second kappa shape index (κ2) is 10.5. The third kappa shape index (κ3) is 5.63.